The minimum atomic E-state index is 0. The Balaban J connectivity index is 0.00000132. The first-order valence-electron chi connectivity index (χ1n) is 7.91. The molecule has 0 amide bonds. The van der Waals surface area contributed by atoms with E-state index in [-0.39, 0.29) is 15.0 Å². The lowest BCUT2D eigenvalue weighted by Gasteiger charge is -2.36. The van der Waals surface area contributed by atoms with Crippen LogP contribution in [0.5, 0.6) is 6.01 Å². The molecule has 3 rings (SSSR count). The molecule has 1 N–H and O–H groups in total. The number of piperazine rings is 1. The van der Waals surface area contributed by atoms with Gasteiger partial charge in [-0.05, 0) is 12.5 Å². The summed E-state index contributed by atoms with van der Waals surface area (Å²) in [6, 6.07) is 2.96. The molecular formula is C16H30N4O2. The van der Waals surface area contributed by atoms with Crippen LogP contribution in [0, 0.1) is 0 Å². The fourth-order valence-electron chi connectivity index (χ4n) is 2.92. The average molecular weight is 310 g/mol. The third-order valence-electron chi connectivity index (χ3n) is 4.17. The van der Waals surface area contributed by atoms with E-state index in [9.17, 15) is 0 Å². The van der Waals surface area contributed by atoms with Crippen molar-refractivity contribution >= 4 is 5.82 Å². The van der Waals surface area contributed by atoms with Gasteiger partial charge in [-0.2, -0.15) is 4.98 Å². The molecule has 0 radical (unpaired) electrons. The number of nitrogens with zero attached hydrogens (tertiary/aromatic N) is 3. The molecule has 1 unspecified atom stereocenters. The first-order chi connectivity index (χ1) is 10.4. The van der Waals surface area contributed by atoms with Crippen molar-refractivity contribution in [2.75, 3.05) is 37.7 Å². The van der Waals surface area contributed by atoms with Gasteiger partial charge in [-0.3, -0.25) is 0 Å². The van der Waals surface area contributed by atoms with Crippen LogP contribution in [0.3, 0.4) is 0 Å². The predicted octanol–water partition coefficient (Wildman–Crippen LogP) is 2.10. The monoisotopic (exact) mass is 310 g/mol. The largest absolute Gasteiger partial charge is 0.460 e. The van der Waals surface area contributed by atoms with Gasteiger partial charge in [0.25, 0.3) is 0 Å². The zero-order valence-electron chi connectivity index (χ0n) is 12.6. The number of hydrogen-bond acceptors (Lipinski definition) is 6. The first kappa shape index (κ1) is 17.0. The van der Waals surface area contributed by atoms with Crippen LogP contribution in [-0.4, -0.2) is 55.0 Å². The van der Waals surface area contributed by atoms with Gasteiger partial charge in [-0.1, -0.05) is 14.4 Å². The van der Waals surface area contributed by atoms with Crippen molar-refractivity contribution in [3.05, 3.63) is 12.3 Å². The van der Waals surface area contributed by atoms with E-state index in [2.05, 4.69) is 27.1 Å². The van der Waals surface area contributed by atoms with Crippen molar-refractivity contribution in [2.45, 2.75) is 45.8 Å². The van der Waals surface area contributed by atoms with Crippen molar-refractivity contribution in [3.8, 4) is 6.01 Å². The van der Waals surface area contributed by atoms with Crippen LogP contribution < -0.4 is 15.0 Å². The highest BCUT2D eigenvalue weighted by atomic mass is 16.5. The molecule has 2 saturated heterocycles. The summed E-state index contributed by atoms with van der Waals surface area (Å²) >= 11 is 0. The molecule has 0 aliphatic carbocycles. The molecule has 1 aromatic rings. The molecule has 126 valence electrons. The number of ether oxygens (including phenoxy) is 2. The van der Waals surface area contributed by atoms with E-state index in [1.54, 1.807) is 6.20 Å². The Kier molecular flexibility index (Phi) is 6.39. The molecule has 0 bridgehead atoms. The molecule has 2 aliphatic heterocycles. The van der Waals surface area contributed by atoms with Crippen molar-refractivity contribution in [3.63, 3.8) is 0 Å². The summed E-state index contributed by atoms with van der Waals surface area (Å²) in [7, 11) is 0. The Morgan fingerprint density at radius 2 is 2.27 bits per heavy atom. The normalized spacial score (nSPS) is 23.0. The standard InChI is InChI=1S/C15H24N4O2.CH4.H2/c1-2-12-11-16-7-8-19(12)14-3-6-17-15(18-14)21-13-4-9-20-10-5-13;;/h3,6,12-13,16H,2,4-5,7-11H2,1H3;1H4;1H. The van der Waals surface area contributed by atoms with E-state index < -0.39 is 0 Å². The number of rotatable bonds is 4. The number of aromatic nitrogens is 2. The van der Waals surface area contributed by atoms with Crippen LogP contribution in [0.1, 0.15) is 35.0 Å². The maximum Gasteiger partial charge on any atom is 0.318 e. The Hall–Kier alpha value is -1.40. The third kappa shape index (κ3) is 4.08. The van der Waals surface area contributed by atoms with Crippen molar-refractivity contribution in [1.29, 1.82) is 0 Å². The molecule has 3 heterocycles. The van der Waals surface area contributed by atoms with E-state index in [0.29, 0.717) is 12.1 Å². The Bertz CT molecular complexity index is 457. The minimum Gasteiger partial charge on any atom is -0.460 e. The SMILES string of the molecule is C.CCC1CNCCN1c1ccnc(OC2CCOCC2)n1.[HH]. The zero-order chi connectivity index (χ0) is 14.5. The lowest BCUT2D eigenvalue weighted by Crippen LogP contribution is -2.51. The van der Waals surface area contributed by atoms with Crippen LogP contribution in [0.25, 0.3) is 0 Å². The molecule has 6 heteroatoms. The fraction of sp³-hybridized carbons (Fsp3) is 0.750. The van der Waals surface area contributed by atoms with Gasteiger partial charge in [0.1, 0.15) is 11.9 Å². The van der Waals surface area contributed by atoms with E-state index in [1.807, 2.05) is 6.07 Å². The summed E-state index contributed by atoms with van der Waals surface area (Å²) in [5.74, 6) is 0.973. The van der Waals surface area contributed by atoms with Gasteiger partial charge < -0.3 is 19.7 Å². The van der Waals surface area contributed by atoms with Gasteiger partial charge >= 0.3 is 6.01 Å². The van der Waals surface area contributed by atoms with Crippen molar-refractivity contribution < 1.29 is 10.9 Å². The van der Waals surface area contributed by atoms with Gasteiger partial charge in [0.15, 0.2) is 0 Å². The van der Waals surface area contributed by atoms with Crippen molar-refractivity contribution in [1.82, 2.24) is 15.3 Å². The van der Waals surface area contributed by atoms with Gasteiger partial charge in [0, 0.05) is 46.1 Å². The number of anilines is 1. The molecular weight excluding hydrogens is 280 g/mol. The summed E-state index contributed by atoms with van der Waals surface area (Å²) in [5, 5.41) is 3.44. The molecule has 22 heavy (non-hydrogen) atoms. The summed E-state index contributed by atoms with van der Waals surface area (Å²) in [4.78, 5) is 11.2. The first-order valence-corrected chi connectivity index (χ1v) is 7.91. The highest BCUT2D eigenvalue weighted by molar-refractivity contribution is 5.40. The maximum absolute atomic E-state index is 5.91. The van der Waals surface area contributed by atoms with E-state index in [4.69, 9.17) is 9.47 Å². The Morgan fingerprint density at radius 3 is 3.05 bits per heavy atom. The van der Waals surface area contributed by atoms with Gasteiger partial charge in [0.2, 0.25) is 0 Å². The van der Waals surface area contributed by atoms with Crippen LogP contribution in [-0.2, 0) is 4.74 Å². The smallest absolute Gasteiger partial charge is 0.318 e. The molecule has 1 aromatic heterocycles. The topological polar surface area (TPSA) is 59.5 Å². The van der Waals surface area contributed by atoms with E-state index >= 15 is 0 Å². The van der Waals surface area contributed by atoms with Crippen LogP contribution in [0.2, 0.25) is 0 Å². The number of nitrogens with one attached hydrogen (secondary N) is 1. The second-order valence-corrected chi connectivity index (χ2v) is 5.59. The quantitative estimate of drug-likeness (QED) is 0.919. The second kappa shape index (κ2) is 8.29. The highest BCUT2D eigenvalue weighted by Crippen LogP contribution is 2.20. The number of hydrogen-bond donors (Lipinski definition) is 1. The van der Waals surface area contributed by atoms with E-state index in [1.165, 1.54) is 0 Å². The third-order valence-corrected chi connectivity index (χ3v) is 4.17. The predicted molar refractivity (Wildman–Crippen MR) is 89.6 cm³/mol. The van der Waals surface area contributed by atoms with Gasteiger partial charge in [-0.15, -0.1) is 0 Å². The lowest BCUT2D eigenvalue weighted by atomic mass is 10.1. The summed E-state index contributed by atoms with van der Waals surface area (Å²) in [5.41, 5.74) is 0. The average Bonchev–Trinajstić information content (AvgIpc) is 2.56. The minimum absolute atomic E-state index is 0. The molecule has 0 aromatic carbocycles. The van der Waals surface area contributed by atoms with Crippen molar-refractivity contribution in [2.24, 2.45) is 0 Å². The molecule has 0 spiro atoms. The van der Waals surface area contributed by atoms with Crippen LogP contribution in [0.15, 0.2) is 12.3 Å². The molecule has 2 aliphatic rings. The highest BCUT2D eigenvalue weighted by Gasteiger charge is 2.23. The van der Waals surface area contributed by atoms with Crippen LogP contribution >= 0.6 is 0 Å². The second-order valence-electron chi connectivity index (χ2n) is 5.59. The van der Waals surface area contributed by atoms with Gasteiger partial charge in [-0.25, -0.2) is 4.98 Å². The zero-order valence-corrected chi connectivity index (χ0v) is 12.6. The molecule has 0 saturated carbocycles. The Labute approximate surface area is 134 Å². The lowest BCUT2D eigenvalue weighted by molar-refractivity contribution is 0.0217. The fourth-order valence-corrected chi connectivity index (χ4v) is 2.92. The summed E-state index contributed by atoms with van der Waals surface area (Å²) in [6.45, 7) is 6.73. The summed E-state index contributed by atoms with van der Waals surface area (Å²) in [6.07, 6.45) is 4.91. The molecule has 2 fully saturated rings. The maximum atomic E-state index is 5.91. The Morgan fingerprint density at radius 1 is 1.45 bits per heavy atom. The van der Waals surface area contributed by atoms with E-state index in [0.717, 1.165) is 57.9 Å². The molecule has 6 nitrogen and oxygen atoms in total. The van der Waals surface area contributed by atoms with Crippen LogP contribution in [0.4, 0.5) is 5.82 Å². The van der Waals surface area contributed by atoms with Gasteiger partial charge in [0.05, 0.1) is 13.2 Å². The molecule has 1 atom stereocenters. The summed E-state index contributed by atoms with van der Waals surface area (Å²) < 4.78 is 11.3.